The third-order valence-corrected chi connectivity index (χ3v) is 5.19. The van der Waals surface area contributed by atoms with E-state index in [1.165, 1.54) is 11.1 Å². The maximum absolute atomic E-state index is 6.51. The predicted molar refractivity (Wildman–Crippen MR) is 89.0 cm³/mol. The molecule has 4 heteroatoms. The maximum atomic E-state index is 6.51. The third-order valence-electron chi connectivity index (χ3n) is 3.58. The van der Waals surface area contributed by atoms with Crippen molar-refractivity contribution in [2.24, 2.45) is 0 Å². The average Bonchev–Trinajstić information content (AvgIpc) is 3.00. The van der Waals surface area contributed by atoms with Gasteiger partial charge in [-0.2, -0.15) is 0 Å². The number of alkyl halides is 1. The summed E-state index contributed by atoms with van der Waals surface area (Å²) in [7, 11) is 0. The number of aryl methyl sites for hydroxylation is 1. The lowest BCUT2D eigenvalue weighted by Gasteiger charge is -2.05. The van der Waals surface area contributed by atoms with E-state index in [0.717, 1.165) is 21.1 Å². The van der Waals surface area contributed by atoms with E-state index in [1.807, 2.05) is 36.4 Å². The monoisotopic (exact) mass is 314 g/mol. The molecule has 0 aliphatic heterocycles. The predicted octanol–water partition coefficient (Wildman–Crippen LogP) is 5.15. The number of hydrogen-bond acceptors (Lipinski definition) is 3. The van der Waals surface area contributed by atoms with Crippen LogP contribution in [0.4, 0.5) is 0 Å². The van der Waals surface area contributed by atoms with Crippen LogP contribution in [-0.2, 0) is 0 Å². The lowest BCUT2D eigenvalue weighted by molar-refractivity contribution is 0.987. The first-order valence-electron chi connectivity index (χ1n) is 6.76. The van der Waals surface area contributed by atoms with Crippen LogP contribution in [-0.4, -0.2) is 10.2 Å². The molecule has 0 radical (unpaired) electrons. The quantitative estimate of drug-likeness (QED) is 0.625. The largest absolute Gasteiger partial charge is 0.148 e. The first-order valence-corrected chi connectivity index (χ1v) is 8.01. The second kappa shape index (κ2) is 5.96. The lowest BCUT2D eigenvalue weighted by Crippen LogP contribution is -1.91. The van der Waals surface area contributed by atoms with Crippen LogP contribution in [0, 0.1) is 13.8 Å². The first-order chi connectivity index (χ1) is 10.2. The number of benzene rings is 2. The van der Waals surface area contributed by atoms with Crippen LogP contribution in [0.3, 0.4) is 0 Å². The molecule has 1 aromatic heterocycles. The summed E-state index contributed by atoms with van der Waals surface area (Å²) in [6, 6.07) is 16.2. The standard InChI is InChI=1S/C17H15ClN2S/c1-11-7-6-10-14(12(11)2)16-19-20-17(21-16)15(18)13-8-4-3-5-9-13/h3-10,15H,1-2H3. The number of rotatable bonds is 3. The van der Waals surface area contributed by atoms with Gasteiger partial charge in [-0.3, -0.25) is 0 Å². The summed E-state index contributed by atoms with van der Waals surface area (Å²) >= 11 is 8.07. The molecule has 1 atom stereocenters. The van der Waals surface area contributed by atoms with Gasteiger partial charge in [-0.25, -0.2) is 0 Å². The average molecular weight is 315 g/mol. The van der Waals surface area contributed by atoms with Gasteiger partial charge in [-0.05, 0) is 30.5 Å². The van der Waals surface area contributed by atoms with Crippen LogP contribution in [0.2, 0.25) is 0 Å². The minimum absolute atomic E-state index is 0.248. The van der Waals surface area contributed by atoms with E-state index in [9.17, 15) is 0 Å². The summed E-state index contributed by atoms with van der Waals surface area (Å²) in [5, 5.41) is 10.1. The van der Waals surface area contributed by atoms with Crippen LogP contribution in [0.5, 0.6) is 0 Å². The number of hydrogen-bond donors (Lipinski definition) is 0. The molecule has 21 heavy (non-hydrogen) atoms. The molecule has 3 aromatic rings. The van der Waals surface area contributed by atoms with Crippen LogP contribution in [0.25, 0.3) is 10.6 Å². The molecular formula is C17H15ClN2S. The van der Waals surface area contributed by atoms with Crippen molar-refractivity contribution in [1.82, 2.24) is 10.2 Å². The van der Waals surface area contributed by atoms with Crippen molar-refractivity contribution in [2.75, 3.05) is 0 Å². The van der Waals surface area contributed by atoms with Crippen LogP contribution in [0.1, 0.15) is 27.1 Å². The van der Waals surface area contributed by atoms with Crippen LogP contribution >= 0.6 is 22.9 Å². The molecule has 0 N–H and O–H groups in total. The van der Waals surface area contributed by atoms with E-state index >= 15 is 0 Å². The topological polar surface area (TPSA) is 25.8 Å². The van der Waals surface area contributed by atoms with Crippen molar-refractivity contribution in [3.8, 4) is 10.6 Å². The zero-order valence-corrected chi connectivity index (χ0v) is 13.4. The maximum Gasteiger partial charge on any atom is 0.148 e. The molecule has 0 saturated heterocycles. The zero-order valence-electron chi connectivity index (χ0n) is 11.9. The summed E-state index contributed by atoms with van der Waals surface area (Å²) in [5.41, 5.74) is 4.68. The number of nitrogens with zero attached hydrogens (tertiary/aromatic N) is 2. The van der Waals surface area contributed by atoms with Gasteiger partial charge in [-0.1, -0.05) is 59.9 Å². The van der Waals surface area contributed by atoms with E-state index in [0.29, 0.717) is 0 Å². The van der Waals surface area contributed by atoms with Crippen LogP contribution < -0.4 is 0 Å². The normalized spacial score (nSPS) is 12.3. The molecule has 0 aliphatic carbocycles. The van der Waals surface area contributed by atoms with Gasteiger partial charge in [0.25, 0.3) is 0 Å². The minimum atomic E-state index is -0.248. The summed E-state index contributed by atoms with van der Waals surface area (Å²) in [6.07, 6.45) is 0. The number of aromatic nitrogens is 2. The summed E-state index contributed by atoms with van der Waals surface area (Å²) < 4.78 is 0. The SMILES string of the molecule is Cc1cccc(-c2nnc(C(Cl)c3ccccc3)s2)c1C. The molecule has 0 aliphatic rings. The van der Waals surface area contributed by atoms with E-state index in [-0.39, 0.29) is 5.38 Å². The van der Waals surface area contributed by atoms with Crippen molar-refractivity contribution in [1.29, 1.82) is 0 Å². The highest BCUT2D eigenvalue weighted by Crippen LogP contribution is 2.35. The Morgan fingerprint density at radius 3 is 2.48 bits per heavy atom. The Hall–Kier alpha value is -1.71. The van der Waals surface area contributed by atoms with Gasteiger partial charge < -0.3 is 0 Å². The van der Waals surface area contributed by atoms with Crippen molar-refractivity contribution in [3.05, 3.63) is 70.2 Å². The van der Waals surface area contributed by atoms with Crippen molar-refractivity contribution in [2.45, 2.75) is 19.2 Å². The summed E-state index contributed by atoms with van der Waals surface area (Å²) in [5.74, 6) is 0. The van der Waals surface area contributed by atoms with Crippen molar-refractivity contribution < 1.29 is 0 Å². The molecular weight excluding hydrogens is 300 g/mol. The second-order valence-corrected chi connectivity index (χ2v) is 6.41. The molecule has 0 saturated carbocycles. The molecule has 0 bridgehead atoms. The van der Waals surface area contributed by atoms with E-state index in [4.69, 9.17) is 11.6 Å². The second-order valence-electron chi connectivity index (χ2n) is 4.97. The highest BCUT2D eigenvalue weighted by Gasteiger charge is 2.17. The van der Waals surface area contributed by atoms with Gasteiger partial charge in [-0.15, -0.1) is 21.8 Å². The molecule has 1 unspecified atom stereocenters. The highest BCUT2D eigenvalue weighted by atomic mass is 35.5. The Bertz CT molecular complexity index is 752. The van der Waals surface area contributed by atoms with Gasteiger partial charge in [0.15, 0.2) is 0 Å². The van der Waals surface area contributed by atoms with Gasteiger partial charge >= 0.3 is 0 Å². The molecule has 3 rings (SSSR count). The van der Waals surface area contributed by atoms with Crippen molar-refractivity contribution in [3.63, 3.8) is 0 Å². The van der Waals surface area contributed by atoms with Crippen molar-refractivity contribution >= 4 is 22.9 Å². The zero-order chi connectivity index (χ0) is 14.8. The minimum Gasteiger partial charge on any atom is -0.141 e. The fourth-order valence-corrected chi connectivity index (χ4v) is 3.45. The van der Waals surface area contributed by atoms with Gasteiger partial charge in [0, 0.05) is 5.56 Å². The smallest absolute Gasteiger partial charge is 0.141 e. The Morgan fingerprint density at radius 1 is 0.952 bits per heavy atom. The van der Waals surface area contributed by atoms with Gasteiger partial charge in [0.2, 0.25) is 0 Å². The fraction of sp³-hybridized carbons (Fsp3) is 0.176. The van der Waals surface area contributed by atoms with E-state index < -0.39 is 0 Å². The van der Waals surface area contributed by atoms with E-state index in [1.54, 1.807) is 11.3 Å². The lowest BCUT2D eigenvalue weighted by atomic mass is 10.0. The third kappa shape index (κ3) is 2.85. The number of halogens is 1. The first kappa shape index (κ1) is 14.2. The van der Waals surface area contributed by atoms with Crippen LogP contribution in [0.15, 0.2) is 48.5 Å². The fourth-order valence-electron chi connectivity index (χ4n) is 2.19. The summed E-state index contributed by atoms with van der Waals surface area (Å²) in [4.78, 5) is 0. The summed E-state index contributed by atoms with van der Waals surface area (Å²) in [6.45, 7) is 4.22. The van der Waals surface area contributed by atoms with Gasteiger partial charge in [0.05, 0.1) is 0 Å². The molecule has 106 valence electrons. The molecule has 1 heterocycles. The van der Waals surface area contributed by atoms with Gasteiger partial charge in [0.1, 0.15) is 15.4 Å². The van der Waals surface area contributed by atoms with E-state index in [2.05, 4.69) is 36.2 Å². The molecule has 2 nitrogen and oxygen atoms in total. The molecule has 0 amide bonds. The Labute approximate surface area is 133 Å². The Kier molecular flexibility index (Phi) is 4.04. The molecule has 2 aromatic carbocycles. The molecule has 0 fully saturated rings. The Balaban J connectivity index is 1.95. The highest BCUT2D eigenvalue weighted by molar-refractivity contribution is 7.15. The molecule has 0 spiro atoms. The Morgan fingerprint density at radius 2 is 1.71 bits per heavy atom.